The number of amides is 1. The Labute approximate surface area is 185 Å². The molecule has 0 N–H and O–H groups in total. The molecule has 0 bridgehead atoms. The van der Waals surface area contributed by atoms with E-state index in [0.717, 1.165) is 10.2 Å². The van der Waals surface area contributed by atoms with Crippen LogP contribution in [0.2, 0.25) is 0 Å². The average molecular weight is 460 g/mol. The molecule has 0 aliphatic carbocycles. The number of hydrogen-bond donors (Lipinski definition) is 0. The highest BCUT2D eigenvalue weighted by atomic mass is 32.2. The summed E-state index contributed by atoms with van der Waals surface area (Å²) in [5.74, 6) is -0.397. The summed E-state index contributed by atoms with van der Waals surface area (Å²) >= 11 is 1.46. The summed E-state index contributed by atoms with van der Waals surface area (Å²) in [6.45, 7) is 7.05. The van der Waals surface area contributed by atoms with Gasteiger partial charge < -0.3 is 9.30 Å². The van der Waals surface area contributed by atoms with Crippen molar-refractivity contribution in [2.75, 3.05) is 13.1 Å². The van der Waals surface area contributed by atoms with Gasteiger partial charge in [-0.1, -0.05) is 23.5 Å². The third-order valence-corrected chi connectivity index (χ3v) is 8.13. The highest BCUT2D eigenvalue weighted by molar-refractivity contribution is 7.89. The predicted molar refractivity (Wildman–Crippen MR) is 121 cm³/mol. The molecule has 3 aromatic rings. The van der Waals surface area contributed by atoms with Crippen LogP contribution in [0.3, 0.4) is 0 Å². The third kappa shape index (κ3) is 4.36. The Morgan fingerprint density at radius 3 is 2.39 bits per heavy atom. The summed E-state index contributed by atoms with van der Waals surface area (Å²) in [6, 6.07) is 13.9. The summed E-state index contributed by atoms with van der Waals surface area (Å²) in [5, 5.41) is 0. The van der Waals surface area contributed by atoms with Crippen LogP contribution >= 0.6 is 11.3 Å². The van der Waals surface area contributed by atoms with Gasteiger partial charge in [-0.2, -0.15) is 9.30 Å². The van der Waals surface area contributed by atoms with Crippen LogP contribution in [0.1, 0.15) is 31.1 Å². The number of sulfonamides is 1. The maximum absolute atomic E-state index is 13.0. The zero-order chi connectivity index (χ0) is 22.2. The molecule has 2 atom stereocenters. The molecule has 0 radical (unpaired) electrons. The lowest BCUT2D eigenvalue weighted by Gasteiger charge is -2.34. The standard InChI is InChI=1S/C22H25N3O4S2/c1-4-25-19-7-5-6-8-20(19)30-22(25)23-21(26)17-9-11-18(12-10-17)31(27,28)24-13-15(2)29-16(3)14-24/h5-12,15-16H,4,13-14H2,1-3H3. The van der Waals surface area contributed by atoms with Crippen molar-refractivity contribution in [3.8, 4) is 0 Å². The molecule has 1 fully saturated rings. The first-order valence-corrected chi connectivity index (χ1v) is 12.5. The number of rotatable bonds is 4. The van der Waals surface area contributed by atoms with Crippen LogP contribution in [0.4, 0.5) is 0 Å². The largest absolute Gasteiger partial charge is 0.373 e. The summed E-state index contributed by atoms with van der Waals surface area (Å²) in [6.07, 6.45) is -0.325. The molecule has 164 valence electrons. The molecule has 1 aromatic heterocycles. The number of fused-ring (bicyclic) bond motifs is 1. The van der Waals surface area contributed by atoms with Crippen LogP contribution in [0.25, 0.3) is 10.2 Å². The number of carbonyl (C=O) groups is 1. The second kappa shape index (κ2) is 8.66. The number of aromatic nitrogens is 1. The van der Waals surface area contributed by atoms with Gasteiger partial charge in [0.15, 0.2) is 4.80 Å². The van der Waals surface area contributed by atoms with Crippen LogP contribution in [0.5, 0.6) is 0 Å². The first-order valence-electron chi connectivity index (χ1n) is 10.2. The van der Waals surface area contributed by atoms with Crippen LogP contribution in [0, 0.1) is 0 Å². The highest BCUT2D eigenvalue weighted by Crippen LogP contribution is 2.22. The van der Waals surface area contributed by atoms with Gasteiger partial charge in [-0.05, 0) is 57.2 Å². The topological polar surface area (TPSA) is 81.0 Å². The molecule has 0 saturated carbocycles. The van der Waals surface area contributed by atoms with Crippen molar-refractivity contribution >= 4 is 37.5 Å². The lowest BCUT2D eigenvalue weighted by Crippen LogP contribution is -2.48. The first kappa shape index (κ1) is 21.9. The van der Waals surface area contributed by atoms with Crippen LogP contribution < -0.4 is 4.80 Å². The minimum atomic E-state index is -3.65. The number of carbonyl (C=O) groups excluding carboxylic acids is 1. The van der Waals surface area contributed by atoms with E-state index in [-0.39, 0.29) is 17.1 Å². The Morgan fingerprint density at radius 1 is 1.10 bits per heavy atom. The molecule has 2 heterocycles. The van der Waals surface area contributed by atoms with Crippen molar-refractivity contribution in [2.45, 2.75) is 44.4 Å². The Bertz CT molecular complexity index is 1270. The highest BCUT2D eigenvalue weighted by Gasteiger charge is 2.32. The summed E-state index contributed by atoms with van der Waals surface area (Å²) in [4.78, 5) is 17.9. The fraction of sp³-hybridized carbons (Fsp3) is 0.364. The molecule has 1 aliphatic heterocycles. The van der Waals surface area contributed by atoms with E-state index in [2.05, 4.69) is 4.99 Å². The second-order valence-corrected chi connectivity index (χ2v) is 10.6. The molecular formula is C22H25N3O4S2. The fourth-order valence-electron chi connectivity index (χ4n) is 3.81. The Hall–Kier alpha value is -2.33. The molecular weight excluding hydrogens is 434 g/mol. The maximum atomic E-state index is 13.0. The summed E-state index contributed by atoms with van der Waals surface area (Å²) in [5.41, 5.74) is 1.39. The number of hydrogen-bond acceptors (Lipinski definition) is 5. The van der Waals surface area contributed by atoms with Gasteiger partial charge in [0.25, 0.3) is 5.91 Å². The lowest BCUT2D eigenvalue weighted by atomic mass is 10.2. The first-order chi connectivity index (χ1) is 14.8. The summed E-state index contributed by atoms with van der Waals surface area (Å²) < 4.78 is 36.1. The van der Waals surface area contributed by atoms with Crippen molar-refractivity contribution in [1.82, 2.24) is 8.87 Å². The zero-order valence-corrected chi connectivity index (χ0v) is 19.3. The Kier molecular flexibility index (Phi) is 6.11. The van der Waals surface area contributed by atoms with Gasteiger partial charge in [0, 0.05) is 25.2 Å². The molecule has 7 nitrogen and oxygen atoms in total. The predicted octanol–water partition coefficient (Wildman–Crippen LogP) is 3.26. The Morgan fingerprint density at radius 2 is 1.74 bits per heavy atom. The van der Waals surface area contributed by atoms with E-state index in [9.17, 15) is 13.2 Å². The van der Waals surface area contributed by atoms with Gasteiger partial charge in [-0.25, -0.2) is 8.42 Å². The molecule has 31 heavy (non-hydrogen) atoms. The lowest BCUT2D eigenvalue weighted by molar-refractivity contribution is -0.0440. The quantitative estimate of drug-likeness (QED) is 0.600. The number of thiazole rings is 1. The van der Waals surface area contributed by atoms with E-state index in [1.165, 1.54) is 39.9 Å². The molecule has 1 aliphatic rings. The van der Waals surface area contributed by atoms with Crippen molar-refractivity contribution in [3.63, 3.8) is 0 Å². The monoisotopic (exact) mass is 459 g/mol. The van der Waals surface area contributed by atoms with Gasteiger partial charge in [0.2, 0.25) is 10.0 Å². The number of para-hydroxylation sites is 1. The molecule has 2 unspecified atom stereocenters. The van der Waals surface area contributed by atoms with Crippen LogP contribution in [-0.2, 0) is 21.3 Å². The fourth-order valence-corrected chi connectivity index (χ4v) is 6.49. The minimum absolute atomic E-state index is 0.162. The number of nitrogens with zero attached hydrogens (tertiary/aromatic N) is 3. The average Bonchev–Trinajstić information content (AvgIpc) is 3.10. The smallest absolute Gasteiger partial charge is 0.279 e. The van der Waals surface area contributed by atoms with Crippen molar-refractivity contribution < 1.29 is 17.9 Å². The van der Waals surface area contributed by atoms with Crippen LogP contribution in [-0.4, -0.2) is 48.5 Å². The second-order valence-electron chi connectivity index (χ2n) is 7.62. The number of ether oxygens (including phenoxy) is 1. The van der Waals surface area contributed by atoms with Crippen molar-refractivity contribution in [3.05, 3.63) is 58.9 Å². The number of morpholine rings is 1. The number of aryl methyl sites for hydroxylation is 1. The molecule has 1 saturated heterocycles. The minimum Gasteiger partial charge on any atom is -0.373 e. The molecule has 0 spiro atoms. The van der Waals surface area contributed by atoms with Gasteiger partial charge in [-0.3, -0.25) is 4.79 Å². The zero-order valence-electron chi connectivity index (χ0n) is 17.7. The van der Waals surface area contributed by atoms with Crippen LogP contribution in [0.15, 0.2) is 58.4 Å². The molecule has 1 amide bonds. The van der Waals surface area contributed by atoms with E-state index in [1.54, 1.807) is 0 Å². The van der Waals surface area contributed by atoms with E-state index in [0.29, 0.717) is 30.0 Å². The molecule has 9 heteroatoms. The van der Waals surface area contributed by atoms with Gasteiger partial charge in [0.1, 0.15) is 0 Å². The van der Waals surface area contributed by atoms with Crippen molar-refractivity contribution in [2.24, 2.45) is 4.99 Å². The third-order valence-electron chi connectivity index (χ3n) is 5.23. The molecule has 4 rings (SSSR count). The van der Waals surface area contributed by atoms with E-state index in [1.807, 2.05) is 49.6 Å². The Balaban J connectivity index is 1.61. The SMILES string of the molecule is CCn1c(=NC(=O)c2ccc(S(=O)(=O)N3CC(C)OC(C)C3)cc2)sc2ccccc21. The number of benzene rings is 2. The van der Waals surface area contributed by atoms with E-state index < -0.39 is 15.9 Å². The van der Waals surface area contributed by atoms with E-state index >= 15 is 0 Å². The maximum Gasteiger partial charge on any atom is 0.279 e. The molecule has 2 aromatic carbocycles. The van der Waals surface area contributed by atoms with E-state index in [4.69, 9.17) is 4.74 Å². The van der Waals surface area contributed by atoms with Gasteiger partial charge in [-0.15, -0.1) is 0 Å². The van der Waals surface area contributed by atoms with Crippen molar-refractivity contribution in [1.29, 1.82) is 0 Å². The normalized spacial score (nSPS) is 20.9. The van der Waals surface area contributed by atoms with Gasteiger partial charge in [0.05, 0.1) is 27.3 Å². The summed E-state index contributed by atoms with van der Waals surface area (Å²) in [7, 11) is -3.65. The van der Waals surface area contributed by atoms with Gasteiger partial charge >= 0.3 is 0 Å².